The lowest BCUT2D eigenvalue weighted by molar-refractivity contribution is 0.0922. The van der Waals surface area contributed by atoms with Crippen molar-refractivity contribution < 1.29 is 19.4 Å². The Labute approximate surface area is 106 Å². The van der Waals surface area contributed by atoms with E-state index in [0.717, 1.165) is 6.42 Å². The Morgan fingerprint density at radius 1 is 1.39 bits per heavy atom. The summed E-state index contributed by atoms with van der Waals surface area (Å²) in [6.45, 7) is 2.86. The molecule has 1 aliphatic heterocycles. The van der Waals surface area contributed by atoms with E-state index in [-0.39, 0.29) is 18.6 Å². The molecule has 0 fully saturated rings. The predicted molar refractivity (Wildman–Crippen MR) is 66.1 cm³/mol. The van der Waals surface area contributed by atoms with Crippen molar-refractivity contribution in [2.24, 2.45) is 0 Å². The molecule has 2 rings (SSSR count). The number of aliphatic hydroxyl groups excluding tert-OH is 1. The molecule has 1 amide bonds. The number of fused-ring (bicyclic) bond motifs is 1. The van der Waals surface area contributed by atoms with Gasteiger partial charge in [-0.2, -0.15) is 0 Å². The number of hydrogen-bond donors (Lipinski definition) is 2. The van der Waals surface area contributed by atoms with Crippen LogP contribution in [0.4, 0.5) is 0 Å². The number of carbonyl (C=O) groups is 1. The summed E-state index contributed by atoms with van der Waals surface area (Å²) in [7, 11) is 0. The molecule has 2 N–H and O–H groups in total. The van der Waals surface area contributed by atoms with Crippen LogP contribution in [-0.4, -0.2) is 36.9 Å². The molecule has 0 saturated carbocycles. The van der Waals surface area contributed by atoms with Gasteiger partial charge in [0.25, 0.3) is 5.91 Å². The second-order valence-corrected chi connectivity index (χ2v) is 4.27. The smallest absolute Gasteiger partial charge is 0.251 e. The molecule has 5 heteroatoms. The van der Waals surface area contributed by atoms with Crippen molar-refractivity contribution in [2.45, 2.75) is 19.4 Å². The van der Waals surface area contributed by atoms with Crippen molar-refractivity contribution in [2.75, 3.05) is 19.8 Å². The Bertz CT molecular complexity index is 433. The largest absolute Gasteiger partial charge is 0.490 e. The van der Waals surface area contributed by atoms with E-state index < -0.39 is 0 Å². The third-order valence-corrected chi connectivity index (χ3v) is 2.66. The minimum Gasteiger partial charge on any atom is -0.490 e. The zero-order chi connectivity index (χ0) is 13.0. The molecule has 18 heavy (non-hydrogen) atoms. The Balaban J connectivity index is 2.15. The molecule has 0 bridgehead atoms. The molecule has 1 aromatic carbocycles. The van der Waals surface area contributed by atoms with Crippen LogP contribution < -0.4 is 14.8 Å². The van der Waals surface area contributed by atoms with E-state index in [1.807, 2.05) is 0 Å². The number of carbonyl (C=O) groups excluding carboxylic acids is 1. The van der Waals surface area contributed by atoms with E-state index in [2.05, 4.69) is 5.32 Å². The summed E-state index contributed by atoms with van der Waals surface area (Å²) in [5.41, 5.74) is 0.500. The maximum absolute atomic E-state index is 11.9. The van der Waals surface area contributed by atoms with Gasteiger partial charge in [0.05, 0.1) is 19.8 Å². The Hall–Kier alpha value is -1.75. The second-order valence-electron chi connectivity index (χ2n) is 4.27. The molecular formula is C13H17NO4. The summed E-state index contributed by atoms with van der Waals surface area (Å²) >= 11 is 0. The van der Waals surface area contributed by atoms with Crippen molar-refractivity contribution in [3.05, 3.63) is 23.8 Å². The van der Waals surface area contributed by atoms with Crippen LogP contribution in [0.2, 0.25) is 0 Å². The highest BCUT2D eigenvalue weighted by molar-refractivity contribution is 5.95. The maximum atomic E-state index is 11.9. The first-order valence-electron chi connectivity index (χ1n) is 6.02. The van der Waals surface area contributed by atoms with Gasteiger partial charge in [-0.15, -0.1) is 0 Å². The van der Waals surface area contributed by atoms with Crippen LogP contribution in [-0.2, 0) is 0 Å². The highest BCUT2D eigenvalue weighted by atomic mass is 16.5. The van der Waals surface area contributed by atoms with Crippen molar-refractivity contribution in [1.82, 2.24) is 5.32 Å². The van der Waals surface area contributed by atoms with Crippen LogP contribution in [0.25, 0.3) is 0 Å². The molecular weight excluding hydrogens is 234 g/mol. The third-order valence-electron chi connectivity index (χ3n) is 2.66. The van der Waals surface area contributed by atoms with Crippen LogP contribution in [0.15, 0.2) is 18.2 Å². The average Bonchev–Trinajstić information content (AvgIpc) is 2.62. The van der Waals surface area contributed by atoms with Gasteiger partial charge < -0.3 is 19.9 Å². The lowest BCUT2D eigenvalue weighted by atomic mass is 10.1. The van der Waals surface area contributed by atoms with Crippen LogP contribution in [0.1, 0.15) is 23.7 Å². The van der Waals surface area contributed by atoms with E-state index >= 15 is 0 Å². The summed E-state index contributed by atoms with van der Waals surface area (Å²) in [6.07, 6.45) is 0.831. The van der Waals surface area contributed by atoms with Gasteiger partial charge >= 0.3 is 0 Å². The van der Waals surface area contributed by atoms with E-state index in [1.165, 1.54) is 0 Å². The molecule has 0 aromatic heterocycles. The lowest BCUT2D eigenvalue weighted by Gasteiger charge is -2.12. The van der Waals surface area contributed by atoms with E-state index in [4.69, 9.17) is 14.6 Å². The molecule has 0 radical (unpaired) electrons. The molecule has 1 heterocycles. The van der Waals surface area contributed by atoms with Crippen LogP contribution in [0.3, 0.4) is 0 Å². The lowest BCUT2D eigenvalue weighted by Crippen LogP contribution is -2.34. The molecule has 0 saturated heterocycles. The minimum atomic E-state index is -0.270. The second kappa shape index (κ2) is 5.73. The van der Waals surface area contributed by atoms with Crippen molar-refractivity contribution in [3.8, 4) is 11.5 Å². The Kier molecular flexibility index (Phi) is 4.04. The normalized spacial score (nSPS) is 15.7. The molecule has 1 aliphatic rings. The van der Waals surface area contributed by atoms with Gasteiger partial charge in [-0.3, -0.25) is 4.79 Å². The predicted octanol–water partition coefficient (Wildman–Crippen LogP) is 0.959. The number of benzene rings is 1. The van der Waals surface area contributed by atoms with Gasteiger partial charge in [-0.25, -0.2) is 0 Å². The quantitative estimate of drug-likeness (QED) is 0.839. The molecule has 5 nitrogen and oxygen atoms in total. The molecule has 0 unspecified atom stereocenters. The van der Waals surface area contributed by atoms with Gasteiger partial charge in [-0.05, 0) is 25.1 Å². The summed E-state index contributed by atoms with van der Waals surface area (Å²) in [5.74, 6) is 1.03. The fraction of sp³-hybridized carbons (Fsp3) is 0.462. The van der Waals surface area contributed by atoms with Crippen LogP contribution in [0, 0.1) is 0 Å². The van der Waals surface area contributed by atoms with E-state index in [0.29, 0.717) is 30.3 Å². The average molecular weight is 251 g/mol. The van der Waals surface area contributed by atoms with Crippen LogP contribution >= 0.6 is 0 Å². The fourth-order valence-electron chi connectivity index (χ4n) is 1.66. The zero-order valence-corrected chi connectivity index (χ0v) is 10.3. The first-order chi connectivity index (χ1) is 8.70. The standard InChI is InChI=1S/C13H17NO4/c1-9(8-15)14-13(16)10-3-4-11-12(7-10)18-6-2-5-17-11/h3-4,7,9,15H,2,5-6,8H2,1H3,(H,14,16)/t9-/m0/s1. The molecule has 1 atom stereocenters. The molecule has 1 aromatic rings. The summed E-state index contributed by atoms with van der Waals surface area (Å²) in [4.78, 5) is 11.9. The fourth-order valence-corrected chi connectivity index (χ4v) is 1.66. The number of nitrogens with one attached hydrogen (secondary N) is 1. The van der Waals surface area contributed by atoms with Crippen molar-refractivity contribution in [1.29, 1.82) is 0 Å². The maximum Gasteiger partial charge on any atom is 0.251 e. The zero-order valence-electron chi connectivity index (χ0n) is 10.3. The Morgan fingerprint density at radius 3 is 2.83 bits per heavy atom. The summed E-state index contributed by atoms with van der Waals surface area (Å²) in [6, 6.07) is 4.82. The van der Waals surface area contributed by atoms with Gasteiger partial charge in [0.1, 0.15) is 0 Å². The van der Waals surface area contributed by atoms with Gasteiger partial charge in [0.15, 0.2) is 11.5 Å². The molecule has 0 aliphatic carbocycles. The number of ether oxygens (including phenoxy) is 2. The van der Waals surface area contributed by atoms with E-state index in [1.54, 1.807) is 25.1 Å². The van der Waals surface area contributed by atoms with E-state index in [9.17, 15) is 4.79 Å². The number of hydrogen-bond acceptors (Lipinski definition) is 4. The van der Waals surface area contributed by atoms with Gasteiger partial charge in [0.2, 0.25) is 0 Å². The van der Waals surface area contributed by atoms with Crippen molar-refractivity contribution >= 4 is 5.91 Å². The minimum absolute atomic E-state index is 0.0870. The SMILES string of the molecule is C[C@@H](CO)NC(=O)c1ccc2c(c1)OCCCO2. The number of amides is 1. The summed E-state index contributed by atoms with van der Waals surface area (Å²) < 4.78 is 11.0. The monoisotopic (exact) mass is 251 g/mol. The topological polar surface area (TPSA) is 67.8 Å². The number of rotatable bonds is 3. The first kappa shape index (κ1) is 12.7. The summed E-state index contributed by atoms with van der Waals surface area (Å²) in [5, 5.41) is 11.6. The Morgan fingerprint density at radius 2 is 2.11 bits per heavy atom. The highest BCUT2D eigenvalue weighted by Crippen LogP contribution is 2.30. The highest BCUT2D eigenvalue weighted by Gasteiger charge is 2.15. The van der Waals surface area contributed by atoms with Crippen LogP contribution in [0.5, 0.6) is 11.5 Å². The molecule has 0 spiro atoms. The van der Waals surface area contributed by atoms with Gasteiger partial charge in [0, 0.05) is 18.0 Å². The first-order valence-corrected chi connectivity index (χ1v) is 6.02. The number of aliphatic hydroxyl groups is 1. The molecule has 98 valence electrons. The van der Waals surface area contributed by atoms with Gasteiger partial charge in [-0.1, -0.05) is 0 Å². The third kappa shape index (κ3) is 2.92. The van der Waals surface area contributed by atoms with Crippen molar-refractivity contribution in [3.63, 3.8) is 0 Å².